The normalized spacial score (nSPS) is 16.3. The predicted octanol–water partition coefficient (Wildman–Crippen LogP) is 3.82. The van der Waals surface area contributed by atoms with Crippen LogP contribution in [-0.2, 0) is 20.9 Å². The zero-order chi connectivity index (χ0) is 21.5. The highest BCUT2D eigenvalue weighted by Gasteiger charge is 2.31. The van der Waals surface area contributed by atoms with Crippen LogP contribution in [0.15, 0.2) is 36.4 Å². The molecule has 6 nitrogen and oxygen atoms in total. The van der Waals surface area contributed by atoms with Crippen molar-refractivity contribution >= 4 is 17.6 Å². The van der Waals surface area contributed by atoms with E-state index < -0.39 is 11.9 Å². The number of methoxy groups -OCH3 is 2. The zero-order valence-electron chi connectivity index (χ0n) is 17.1. The van der Waals surface area contributed by atoms with Crippen LogP contribution in [0.1, 0.15) is 30.0 Å². The Morgan fingerprint density at radius 1 is 1.27 bits per heavy atom. The van der Waals surface area contributed by atoms with Crippen LogP contribution >= 0.6 is 11.6 Å². The fourth-order valence-corrected chi connectivity index (χ4v) is 3.81. The van der Waals surface area contributed by atoms with Crippen molar-refractivity contribution < 1.29 is 23.4 Å². The smallest absolute Gasteiger partial charge is 0.325 e. The van der Waals surface area contributed by atoms with Gasteiger partial charge in [-0.15, -0.1) is 0 Å². The number of esters is 1. The van der Waals surface area contributed by atoms with Gasteiger partial charge in [-0.1, -0.05) is 23.7 Å². The second-order valence-corrected chi connectivity index (χ2v) is 7.67. The minimum atomic E-state index is -0.401. The van der Waals surface area contributed by atoms with E-state index >= 15 is 0 Å². The van der Waals surface area contributed by atoms with E-state index in [1.807, 2.05) is 12.1 Å². The molecule has 0 bridgehead atoms. The highest BCUT2D eigenvalue weighted by molar-refractivity contribution is 6.30. The molecule has 0 aliphatic carbocycles. The minimum Gasteiger partial charge on any atom is -0.473 e. The van der Waals surface area contributed by atoms with Gasteiger partial charge in [0.2, 0.25) is 5.88 Å². The summed E-state index contributed by atoms with van der Waals surface area (Å²) in [5.41, 5.74) is 1.36. The average molecular weight is 437 g/mol. The van der Waals surface area contributed by atoms with Gasteiger partial charge in [-0.05, 0) is 44.1 Å². The maximum atomic E-state index is 13.9. The molecule has 0 spiro atoms. The number of hydrogen-bond donors (Lipinski definition) is 0. The number of aromatic nitrogens is 1. The largest absolute Gasteiger partial charge is 0.473 e. The van der Waals surface area contributed by atoms with E-state index in [0.29, 0.717) is 23.1 Å². The summed E-state index contributed by atoms with van der Waals surface area (Å²) in [6, 6.07) is 9.74. The summed E-state index contributed by atoms with van der Waals surface area (Å²) >= 11 is 5.78. The van der Waals surface area contributed by atoms with Crippen LogP contribution in [0.3, 0.4) is 0 Å². The van der Waals surface area contributed by atoms with Crippen LogP contribution in [0, 0.1) is 5.82 Å². The van der Waals surface area contributed by atoms with E-state index in [1.54, 1.807) is 25.3 Å². The maximum absolute atomic E-state index is 13.9. The maximum Gasteiger partial charge on any atom is 0.325 e. The Morgan fingerprint density at radius 3 is 2.70 bits per heavy atom. The number of halogens is 2. The number of hydrogen-bond acceptors (Lipinski definition) is 6. The molecule has 1 unspecified atom stereocenters. The molecule has 0 saturated carbocycles. The van der Waals surface area contributed by atoms with Crippen molar-refractivity contribution in [2.45, 2.75) is 31.4 Å². The van der Waals surface area contributed by atoms with Crippen molar-refractivity contribution in [1.82, 2.24) is 9.88 Å². The quantitative estimate of drug-likeness (QED) is 0.586. The molecule has 1 saturated heterocycles. The monoisotopic (exact) mass is 436 g/mol. The number of ether oxygens (including phenoxy) is 3. The summed E-state index contributed by atoms with van der Waals surface area (Å²) < 4.78 is 29.7. The lowest BCUT2D eigenvalue weighted by Gasteiger charge is -2.35. The number of carbonyl (C=O) groups excluding carboxylic acids is 1. The third-order valence-corrected chi connectivity index (χ3v) is 5.56. The van der Waals surface area contributed by atoms with Crippen molar-refractivity contribution in [3.63, 3.8) is 0 Å². The number of benzene rings is 1. The van der Waals surface area contributed by atoms with Gasteiger partial charge in [0.1, 0.15) is 18.5 Å². The third kappa shape index (κ3) is 5.68. The Hall–Kier alpha value is -2.22. The van der Waals surface area contributed by atoms with Crippen LogP contribution in [-0.4, -0.2) is 55.8 Å². The molecule has 1 aromatic carbocycles. The molecule has 162 valence electrons. The molecule has 0 N–H and O–H groups in total. The fraction of sp³-hybridized carbons (Fsp3) is 0.455. The van der Waals surface area contributed by atoms with Gasteiger partial charge >= 0.3 is 5.97 Å². The Balaban J connectivity index is 1.59. The van der Waals surface area contributed by atoms with Crippen LogP contribution in [0.25, 0.3) is 0 Å². The number of carbonyl (C=O) groups is 1. The number of piperidine rings is 1. The Morgan fingerprint density at radius 2 is 2.03 bits per heavy atom. The molecule has 0 amide bonds. The van der Waals surface area contributed by atoms with Gasteiger partial charge in [0, 0.05) is 35.4 Å². The molecular weight excluding hydrogens is 411 g/mol. The van der Waals surface area contributed by atoms with E-state index in [1.165, 1.54) is 13.2 Å². The van der Waals surface area contributed by atoms with Crippen LogP contribution in [0.2, 0.25) is 5.02 Å². The molecule has 30 heavy (non-hydrogen) atoms. The number of rotatable bonds is 8. The van der Waals surface area contributed by atoms with Gasteiger partial charge in [-0.25, -0.2) is 9.37 Å². The van der Waals surface area contributed by atoms with Crippen LogP contribution in [0.4, 0.5) is 4.39 Å². The van der Waals surface area contributed by atoms with E-state index in [4.69, 9.17) is 25.8 Å². The van der Waals surface area contributed by atoms with Gasteiger partial charge in [0.05, 0.1) is 13.7 Å². The third-order valence-electron chi connectivity index (χ3n) is 5.32. The summed E-state index contributed by atoms with van der Waals surface area (Å²) in [6.45, 7) is 1.88. The Bertz CT molecular complexity index is 859. The van der Waals surface area contributed by atoms with Gasteiger partial charge in [0.25, 0.3) is 0 Å². The van der Waals surface area contributed by atoms with Gasteiger partial charge < -0.3 is 14.2 Å². The van der Waals surface area contributed by atoms with Crippen molar-refractivity contribution in [2.75, 3.05) is 33.9 Å². The molecule has 1 aliphatic heterocycles. The number of likely N-dealkylation sites (tertiary alicyclic amines) is 1. The van der Waals surface area contributed by atoms with Crippen molar-refractivity contribution in [3.8, 4) is 5.88 Å². The molecule has 0 radical (unpaired) electrons. The van der Waals surface area contributed by atoms with E-state index in [2.05, 4.69) is 9.88 Å². The summed E-state index contributed by atoms with van der Waals surface area (Å²) in [4.78, 5) is 18.7. The molecule has 2 heterocycles. The minimum absolute atomic E-state index is 0.0791. The first-order valence-electron chi connectivity index (χ1n) is 9.86. The Kier molecular flexibility index (Phi) is 8.01. The summed E-state index contributed by atoms with van der Waals surface area (Å²) in [5.74, 6) is 0.0366. The lowest BCUT2D eigenvalue weighted by atomic mass is 9.92. The number of pyridine rings is 1. The SMILES string of the molecule is COCC(C(=O)OC)N1CCC(c2cccc(OCc3ccc(Cl)cc3F)n2)CC1. The first-order chi connectivity index (χ1) is 14.5. The molecule has 8 heteroatoms. The lowest BCUT2D eigenvalue weighted by molar-refractivity contribution is -0.149. The summed E-state index contributed by atoms with van der Waals surface area (Å²) in [5, 5.41) is 0.350. The second kappa shape index (κ2) is 10.7. The van der Waals surface area contributed by atoms with E-state index in [0.717, 1.165) is 31.6 Å². The van der Waals surface area contributed by atoms with E-state index in [9.17, 15) is 9.18 Å². The Labute approximate surface area is 180 Å². The van der Waals surface area contributed by atoms with Gasteiger partial charge in [-0.3, -0.25) is 9.69 Å². The van der Waals surface area contributed by atoms with Gasteiger partial charge in [0.15, 0.2) is 0 Å². The second-order valence-electron chi connectivity index (χ2n) is 7.23. The van der Waals surface area contributed by atoms with Crippen LogP contribution < -0.4 is 4.74 Å². The highest BCUT2D eigenvalue weighted by Crippen LogP contribution is 2.29. The molecule has 1 fully saturated rings. The molecule has 2 aromatic rings. The van der Waals surface area contributed by atoms with Crippen molar-refractivity contribution in [3.05, 3.63) is 58.5 Å². The summed E-state index contributed by atoms with van der Waals surface area (Å²) in [7, 11) is 2.97. The summed E-state index contributed by atoms with van der Waals surface area (Å²) in [6.07, 6.45) is 1.72. The molecule has 1 aliphatic rings. The predicted molar refractivity (Wildman–Crippen MR) is 111 cm³/mol. The topological polar surface area (TPSA) is 60.9 Å². The highest BCUT2D eigenvalue weighted by atomic mass is 35.5. The van der Waals surface area contributed by atoms with E-state index in [-0.39, 0.29) is 18.5 Å². The zero-order valence-corrected chi connectivity index (χ0v) is 17.9. The van der Waals surface area contributed by atoms with Crippen molar-refractivity contribution in [2.24, 2.45) is 0 Å². The van der Waals surface area contributed by atoms with Crippen molar-refractivity contribution in [1.29, 1.82) is 0 Å². The van der Waals surface area contributed by atoms with Gasteiger partial charge in [-0.2, -0.15) is 0 Å². The molecular formula is C22H26ClFN2O4. The lowest BCUT2D eigenvalue weighted by Crippen LogP contribution is -2.48. The standard InChI is InChI=1S/C22H26ClFN2O4/c1-28-14-20(22(27)29-2)26-10-8-15(9-11-26)19-4-3-5-21(25-19)30-13-16-6-7-17(23)12-18(16)24/h3-7,12,15,20H,8-11,13-14H2,1-2H3. The molecule has 1 aromatic heterocycles. The molecule has 1 atom stereocenters. The first-order valence-corrected chi connectivity index (χ1v) is 10.2. The fourth-order valence-electron chi connectivity index (χ4n) is 3.65. The average Bonchev–Trinajstić information content (AvgIpc) is 2.77. The first kappa shape index (κ1) is 22.5. The number of nitrogens with zero attached hydrogens (tertiary/aromatic N) is 2. The van der Waals surface area contributed by atoms with Crippen LogP contribution in [0.5, 0.6) is 5.88 Å². The molecule has 3 rings (SSSR count).